The number of fused-ring (bicyclic) bond motifs is 1. The van der Waals surface area contributed by atoms with Gasteiger partial charge in [-0.05, 0) is 52.0 Å². The van der Waals surface area contributed by atoms with E-state index in [-0.39, 0.29) is 18.0 Å². The van der Waals surface area contributed by atoms with Gasteiger partial charge in [-0.15, -0.1) is 0 Å². The number of H-pyrrole nitrogens is 1. The van der Waals surface area contributed by atoms with E-state index < -0.39 is 0 Å². The van der Waals surface area contributed by atoms with Gasteiger partial charge < -0.3 is 9.88 Å². The largest absolute Gasteiger partial charge is 0.338 e. The summed E-state index contributed by atoms with van der Waals surface area (Å²) in [5, 5.41) is 0.812. The summed E-state index contributed by atoms with van der Waals surface area (Å²) >= 11 is 1.46. The van der Waals surface area contributed by atoms with Crippen LogP contribution in [0.4, 0.5) is 0 Å². The maximum absolute atomic E-state index is 12.6. The lowest BCUT2D eigenvalue weighted by atomic mass is 10.2. The molecule has 0 fully saturated rings. The number of para-hydroxylation sites is 2. The van der Waals surface area contributed by atoms with Crippen LogP contribution >= 0.6 is 11.8 Å². The van der Waals surface area contributed by atoms with Crippen LogP contribution in [-0.2, 0) is 4.79 Å². The van der Waals surface area contributed by atoms with Crippen LogP contribution in [0.2, 0.25) is 0 Å². The predicted octanol–water partition coefficient (Wildman–Crippen LogP) is 4.36. The molecule has 3 aromatic rings. The number of nitrogens with zero attached hydrogens (tertiary/aromatic N) is 3. The number of imidazole rings is 1. The second kappa shape index (κ2) is 7.91. The lowest BCUT2D eigenvalue weighted by molar-refractivity contribution is -0.131. The second-order valence-electron chi connectivity index (χ2n) is 6.74. The molecule has 0 radical (unpaired) electrons. The fourth-order valence-corrected chi connectivity index (χ4v) is 4.01. The molecule has 136 valence electrons. The molecule has 0 unspecified atom stereocenters. The predicted molar refractivity (Wildman–Crippen MR) is 107 cm³/mol. The van der Waals surface area contributed by atoms with Crippen molar-refractivity contribution in [2.45, 2.75) is 44.8 Å². The molecule has 1 aromatic carbocycles. The van der Waals surface area contributed by atoms with Gasteiger partial charge in [0.1, 0.15) is 10.9 Å². The van der Waals surface area contributed by atoms with Gasteiger partial charge >= 0.3 is 0 Å². The minimum atomic E-state index is 0.126. The molecule has 1 N–H and O–H groups in total. The Labute approximate surface area is 158 Å². The van der Waals surface area contributed by atoms with Crippen molar-refractivity contribution in [3.63, 3.8) is 0 Å². The van der Waals surface area contributed by atoms with E-state index in [1.165, 1.54) is 11.8 Å². The summed E-state index contributed by atoms with van der Waals surface area (Å²) in [7, 11) is 0. The lowest BCUT2D eigenvalue weighted by Crippen LogP contribution is -2.43. The number of aromatic nitrogens is 3. The van der Waals surface area contributed by atoms with Crippen LogP contribution in [0, 0.1) is 0 Å². The zero-order valence-corrected chi connectivity index (χ0v) is 16.4. The molecule has 26 heavy (non-hydrogen) atoms. The number of pyridine rings is 1. The van der Waals surface area contributed by atoms with Crippen molar-refractivity contribution in [3.05, 3.63) is 42.6 Å². The molecule has 0 bridgehead atoms. The summed E-state index contributed by atoms with van der Waals surface area (Å²) in [5.74, 6) is 1.26. The first-order valence-corrected chi connectivity index (χ1v) is 9.80. The number of benzene rings is 1. The van der Waals surface area contributed by atoms with E-state index in [0.717, 1.165) is 27.4 Å². The van der Waals surface area contributed by atoms with E-state index in [4.69, 9.17) is 0 Å². The number of hydrogen-bond acceptors (Lipinski definition) is 4. The fourth-order valence-electron chi connectivity index (χ4n) is 3.14. The van der Waals surface area contributed by atoms with Crippen LogP contribution in [0.1, 0.15) is 27.7 Å². The molecule has 0 saturated heterocycles. The van der Waals surface area contributed by atoms with Gasteiger partial charge in [0.15, 0.2) is 0 Å². The monoisotopic (exact) mass is 368 g/mol. The first-order chi connectivity index (χ1) is 12.5. The number of carbonyl (C=O) groups is 1. The molecule has 1 amide bonds. The maximum atomic E-state index is 12.6. The molecule has 0 spiro atoms. The van der Waals surface area contributed by atoms with Gasteiger partial charge in [0, 0.05) is 23.8 Å². The summed E-state index contributed by atoms with van der Waals surface area (Å²) < 4.78 is 0. The molecule has 6 heteroatoms. The molecular weight excluding hydrogens is 344 g/mol. The lowest BCUT2D eigenvalue weighted by Gasteiger charge is -2.30. The second-order valence-corrected chi connectivity index (χ2v) is 7.70. The van der Waals surface area contributed by atoms with E-state index in [1.54, 1.807) is 6.20 Å². The first kappa shape index (κ1) is 18.5. The molecule has 0 aliphatic carbocycles. The average molecular weight is 369 g/mol. The number of rotatable bonds is 6. The summed E-state index contributed by atoms with van der Waals surface area (Å²) in [5.41, 5.74) is 2.83. The van der Waals surface area contributed by atoms with E-state index in [0.29, 0.717) is 5.75 Å². The van der Waals surface area contributed by atoms with Crippen molar-refractivity contribution in [1.29, 1.82) is 0 Å². The Morgan fingerprint density at radius 1 is 1.12 bits per heavy atom. The minimum absolute atomic E-state index is 0.126. The van der Waals surface area contributed by atoms with Gasteiger partial charge in [-0.3, -0.25) is 4.79 Å². The Balaban J connectivity index is 1.82. The van der Waals surface area contributed by atoms with Crippen LogP contribution in [0.25, 0.3) is 22.4 Å². The summed E-state index contributed by atoms with van der Waals surface area (Å²) in [4.78, 5) is 27.0. The third-order valence-electron chi connectivity index (χ3n) is 4.15. The smallest absolute Gasteiger partial charge is 0.233 e. The van der Waals surface area contributed by atoms with E-state index in [2.05, 4.69) is 15.0 Å². The maximum Gasteiger partial charge on any atom is 0.233 e. The van der Waals surface area contributed by atoms with Crippen molar-refractivity contribution in [1.82, 2.24) is 19.9 Å². The Hall–Kier alpha value is -2.34. The molecule has 0 saturated carbocycles. The highest BCUT2D eigenvalue weighted by Gasteiger charge is 2.21. The molecule has 0 atom stereocenters. The molecule has 5 nitrogen and oxygen atoms in total. The summed E-state index contributed by atoms with van der Waals surface area (Å²) in [6.07, 6.45) is 1.75. The third kappa shape index (κ3) is 3.90. The topological polar surface area (TPSA) is 61.9 Å². The number of aromatic amines is 1. The highest BCUT2D eigenvalue weighted by atomic mass is 32.2. The van der Waals surface area contributed by atoms with Gasteiger partial charge in [-0.2, -0.15) is 0 Å². The van der Waals surface area contributed by atoms with Crippen LogP contribution < -0.4 is 0 Å². The van der Waals surface area contributed by atoms with Crippen LogP contribution in [-0.4, -0.2) is 43.6 Å². The fraction of sp³-hybridized carbons (Fsp3) is 0.350. The number of thioether (sulfide) groups is 1. The highest BCUT2D eigenvalue weighted by Crippen LogP contribution is 2.29. The average Bonchev–Trinajstić information content (AvgIpc) is 3.03. The van der Waals surface area contributed by atoms with E-state index in [9.17, 15) is 4.79 Å². The van der Waals surface area contributed by atoms with Crippen molar-refractivity contribution in [2.24, 2.45) is 0 Å². The Morgan fingerprint density at radius 2 is 1.85 bits per heavy atom. The Kier molecular flexibility index (Phi) is 5.61. The van der Waals surface area contributed by atoms with Crippen LogP contribution in [0.5, 0.6) is 0 Å². The molecule has 0 aliphatic heterocycles. The normalized spacial score (nSPS) is 11.5. The number of amides is 1. The summed E-state index contributed by atoms with van der Waals surface area (Å²) in [6, 6.07) is 12.2. The third-order valence-corrected chi connectivity index (χ3v) is 5.14. The zero-order valence-electron chi connectivity index (χ0n) is 15.6. The van der Waals surface area contributed by atoms with Crippen LogP contribution in [0.15, 0.2) is 47.6 Å². The van der Waals surface area contributed by atoms with Gasteiger partial charge in [0.05, 0.1) is 16.8 Å². The highest BCUT2D eigenvalue weighted by molar-refractivity contribution is 8.00. The van der Waals surface area contributed by atoms with Gasteiger partial charge in [-0.25, -0.2) is 9.97 Å². The van der Waals surface area contributed by atoms with Crippen LogP contribution in [0.3, 0.4) is 0 Å². The minimum Gasteiger partial charge on any atom is -0.338 e. The molecule has 3 rings (SSSR count). The van der Waals surface area contributed by atoms with Crippen molar-refractivity contribution >= 4 is 28.7 Å². The SMILES string of the molecule is CC(C)N(C(=O)CSc1ncccc1-c1nc2ccccc2[nH]1)C(C)C. The van der Waals surface area contributed by atoms with Gasteiger partial charge in [-0.1, -0.05) is 23.9 Å². The van der Waals surface area contributed by atoms with Crippen molar-refractivity contribution in [2.75, 3.05) is 5.75 Å². The van der Waals surface area contributed by atoms with Gasteiger partial charge in [0.25, 0.3) is 0 Å². The number of hydrogen-bond donors (Lipinski definition) is 1. The van der Waals surface area contributed by atoms with E-state index in [1.807, 2.05) is 69.0 Å². The molecular formula is C20H24N4OS. The standard InChI is InChI=1S/C20H24N4OS/c1-13(2)24(14(3)4)18(25)12-26-20-15(8-7-11-21-20)19-22-16-9-5-6-10-17(16)23-19/h5-11,13-14H,12H2,1-4H3,(H,22,23). The summed E-state index contributed by atoms with van der Waals surface area (Å²) in [6.45, 7) is 8.18. The molecule has 2 heterocycles. The number of nitrogens with one attached hydrogen (secondary N) is 1. The van der Waals surface area contributed by atoms with Gasteiger partial charge in [0.2, 0.25) is 5.91 Å². The molecule has 0 aliphatic rings. The molecule has 2 aromatic heterocycles. The zero-order chi connectivity index (χ0) is 18.7. The van der Waals surface area contributed by atoms with Crippen molar-refractivity contribution < 1.29 is 4.79 Å². The van der Waals surface area contributed by atoms with Crippen molar-refractivity contribution in [3.8, 4) is 11.4 Å². The first-order valence-electron chi connectivity index (χ1n) is 8.81. The van der Waals surface area contributed by atoms with E-state index >= 15 is 0 Å². The number of carbonyl (C=O) groups excluding carboxylic acids is 1. The quantitative estimate of drug-likeness (QED) is 0.657. The Morgan fingerprint density at radius 3 is 2.54 bits per heavy atom. The Bertz CT molecular complexity index is 862.